The summed E-state index contributed by atoms with van der Waals surface area (Å²) in [6.07, 6.45) is -1.64. The molecule has 0 radical (unpaired) electrons. The van der Waals surface area contributed by atoms with Gasteiger partial charge in [-0.1, -0.05) is 20.3 Å². The number of aromatic nitrogens is 1. The molecule has 0 saturated carbocycles. The quantitative estimate of drug-likeness (QED) is 0.766. The minimum absolute atomic E-state index is 0.447. The Bertz CT molecular complexity index is 358. The molecule has 1 unspecified atom stereocenters. The van der Waals surface area contributed by atoms with Crippen LogP contribution in [0.4, 0.5) is 13.2 Å². The van der Waals surface area contributed by atoms with Crippen LogP contribution in [0.1, 0.15) is 37.1 Å². The van der Waals surface area contributed by atoms with Crippen molar-refractivity contribution in [2.45, 2.75) is 39.8 Å². The minimum atomic E-state index is -4.30. The van der Waals surface area contributed by atoms with E-state index in [9.17, 15) is 13.2 Å². The molecule has 0 spiro atoms. The van der Waals surface area contributed by atoms with E-state index in [1.165, 1.54) is 6.07 Å². The van der Waals surface area contributed by atoms with Gasteiger partial charge >= 0.3 is 6.18 Å². The molecule has 0 aliphatic heterocycles. The van der Waals surface area contributed by atoms with E-state index < -0.39 is 11.7 Å². The van der Waals surface area contributed by atoms with Gasteiger partial charge in [-0.05, 0) is 30.9 Å². The number of aryl methyl sites for hydroxylation is 1. The fourth-order valence-electron chi connectivity index (χ4n) is 1.45. The summed E-state index contributed by atoms with van der Waals surface area (Å²) in [7, 11) is 0. The van der Waals surface area contributed by atoms with Gasteiger partial charge in [0.2, 0.25) is 0 Å². The largest absolute Gasteiger partial charge is 0.417 e. The Hall–Kier alpha value is -1.06. The monoisotopic (exact) mass is 231 g/mol. The normalized spacial score (nSPS) is 13.9. The van der Waals surface area contributed by atoms with Gasteiger partial charge in [-0.25, -0.2) is 0 Å². The molecule has 90 valence electrons. The van der Waals surface area contributed by atoms with Crippen molar-refractivity contribution in [3.63, 3.8) is 0 Å². The molecule has 0 saturated heterocycles. The van der Waals surface area contributed by atoms with Crippen LogP contribution in [0.25, 0.3) is 0 Å². The Labute approximate surface area is 93.7 Å². The predicted octanol–water partition coefficient (Wildman–Crippen LogP) is 4.00. The standard InChI is InChI=1S/C12H16F3N/c1-4-8(2)5-11-9(3)6-10(7-16-11)12(13,14)15/h6-8H,4-5H2,1-3H3. The first-order chi connectivity index (χ1) is 7.34. The first-order valence-corrected chi connectivity index (χ1v) is 5.37. The Morgan fingerprint density at radius 3 is 2.44 bits per heavy atom. The third kappa shape index (κ3) is 3.22. The van der Waals surface area contributed by atoms with E-state index >= 15 is 0 Å². The zero-order valence-corrected chi connectivity index (χ0v) is 9.73. The predicted molar refractivity (Wildman–Crippen MR) is 57.1 cm³/mol. The Morgan fingerprint density at radius 2 is 2.00 bits per heavy atom. The van der Waals surface area contributed by atoms with Crippen LogP contribution in [0.3, 0.4) is 0 Å². The molecule has 1 nitrogen and oxygen atoms in total. The van der Waals surface area contributed by atoms with Crippen LogP contribution < -0.4 is 0 Å². The molecule has 1 heterocycles. The van der Waals surface area contributed by atoms with Crippen molar-refractivity contribution < 1.29 is 13.2 Å². The Morgan fingerprint density at radius 1 is 1.38 bits per heavy atom. The van der Waals surface area contributed by atoms with Crippen molar-refractivity contribution >= 4 is 0 Å². The molecule has 0 fully saturated rings. The number of halogens is 3. The molecule has 0 aliphatic carbocycles. The van der Waals surface area contributed by atoms with Gasteiger partial charge in [-0.3, -0.25) is 4.98 Å². The van der Waals surface area contributed by atoms with E-state index in [4.69, 9.17) is 0 Å². The lowest BCUT2D eigenvalue weighted by molar-refractivity contribution is -0.137. The lowest BCUT2D eigenvalue weighted by atomic mass is 9.99. The van der Waals surface area contributed by atoms with Crippen LogP contribution in [0.15, 0.2) is 12.3 Å². The smallest absolute Gasteiger partial charge is 0.260 e. The number of hydrogen-bond acceptors (Lipinski definition) is 1. The van der Waals surface area contributed by atoms with Crippen molar-refractivity contribution in [1.29, 1.82) is 0 Å². The second-order valence-electron chi connectivity index (χ2n) is 4.20. The van der Waals surface area contributed by atoms with Gasteiger partial charge in [0.1, 0.15) is 0 Å². The molecule has 1 aromatic heterocycles. The molecule has 0 amide bonds. The average Bonchev–Trinajstić information content (AvgIpc) is 2.19. The van der Waals surface area contributed by atoms with Crippen LogP contribution in [0.2, 0.25) is 0 Å². The van der Waals surface area contributed by atoms with Gasteiger partial charge in [-0.2, -0.15) is 13.2 Å². The van der Waals surface area contributed by atoms with Gasteiger partial charge in [-0.15, -0.1) is 0 Å². The van der Waals surface area contributed by atoms with Gasteiger partial charge in [0.15, 0.2) is 0 Å². The molecule has 0 N–H and O–H groups in total. The van der Waals surface area contributed by atoms with E-state index in [1.54, 1.807) is 6.92 Å². The number of pyridine rings is 1. The second kappa shape index (κ2) is 4.85. The zero-order chi connectivity index (χ0) is 12.3. The molecule has 0 bridgehead atoms. The van der Waals surface area contributed by atoms with Gasteiger partial charge in [0.25, 0.3) is 0 Å². The first-order valence-electron chi connectivity index (χ1n) is 5.37. The molecule has 1 aromatic rings. The van der Waals surface area contributed by atoms with Crippen LogP contribution in [-0.4, -0.2) is 4.98 Å². The molecule has 1 rings (SSSR count). The van der Waals surface area contributed by atoms with E-state index in [2.05, 4.69) is 18.8 Å². The van der Waals surface area contributed by atoms with E-state index in [0.29, 0.717) is 11.5 Å². The Balaban J connectivity index is 2.92. The molecular weight excluding hydrogens is 215 g/mol. The molecule has 16 heavy (non-hydrogen) atoms. The van der Waals surface area contributed by atoms with E-state index in [0.717, 1.165) is 24.7 Å². The summed E-state index contributed by atoms with van der Waals surface area (Å²) < 4.78 is 37.2. The topological polar surface area (TPSA) is 12.9 Å². The van der Waals surface area contributed by atoms with Crippen molar-refractivity contribution in [3.05, 3.63) is 29.1 Å². The highest BCUT2D eigenvalue weighted by Crippen LogP contribution is 2.29. The van der Waals surface area contributed by atoms with Crippen LogP contribution >= 0.6 is 0 Å². The summed E-state index contributed by atoms with van der Waals surface area (Å²) in [6, 6.07) is 1.17. The fraction of sp³-hybridized carbons (Fsp3) is 0.583. The van der Waals surface area contributed by atoms with Crippen LogP contribution in [-0.2, 0) is 12.6 Å². The maximum atomic E-state index is 12.4. The average molecular weight is 231 g/mol. The minimum Gasteiger partial charge on any atom is -0.260 e. The maximum absolute atomic E-state index is 12.4. The number of nitrogens with zero attached hydrogens (tertiary/aromatic N) is 1. The Kier molecular flexibility index (Phi) is 3.94. The number of alkyl halides is 3. The molecule has 4 heteroatoms. The van der Waals surface area contributed by atoms with Gasteiger partial charge in [0.05, 0.1) is 5.56 Å². The van der Waals surface area contributed by atoms with Crippen molar-refractivity contribution in [2.24, 2.45) is 5.92 Å². The van der Waals surface area contributed by atoms with Crippen LogP contribution in [0, 0.1) is 12.8 Å². The molecule has 0 aliphatic rings. The number of hydrogen-bond donors (Lipinski definition) is 0. The molecule has 1 atom stereocenters. The van der Waals surface area contributed by atoms with Gasteiger partial charge < -0.3 is 0 Å². The molecular formula is C12H16F3N. The van der Waals surface area contributed by atoms with Crippen molar-refractivity contribution in [2.75, 3.05) is 0 Å². The van der Waals surface area contributed by atoms with E-state index in [1.807, 2.05) is 0 Å². The van der Waals surface area contributed by atoms with Crippen molar-refractivity contribution in [3.8, 4) is 0 Å². The first kappa shape index (κ1) is 13.0. The zero-order valence-electron chi connectivity index (χ0n) is 9.73. The summed E-state index contributed by atoms with van der Waals surface area (Å²) >= 11 is 0. The summed E-state index contributed by atoms with van der Waals surface area (Å²) in [4.78, 5) is 3.91. The summed E-state index contributed by atoms with van der Waals surface area (Å²) in [5, 5.41) is 0. The van der Waals surface area contributed by atoms with Crippen molar-refractivity contribution in [1.82, 2.24) is 4.98 Å². The van der Waals surface area contributed by atoms with E-state index in [-0.39, 0.29) is 0 Å². The third-order valence-corrected chi connectivity index (χ3v) is 2.75. The lowest BCUT2D eigenvalue weighted by Crippen LogP contribution is -2.09. The maximum Gasteiger partial charge on any atom is 0.417 e. The second-order valence-corrected chi connectivity index (χ2v) is 4.20. The summed E-state index contributed by atoms with van der Waals surface area (Å²) in [5.74, 6) is 0.447. The highest BCUT2D eigenvalue weighted by Gasteiger charge is 2.31. The molecule has 0 aromatic carbocycles. The number of rotatable bonds is 3. The SMILES string of the molecule is CCC(C)Cc1ncc(C(F)(F)F)cc1C. The van der Waals surface area contributed by atoms with Gasteiger partial charge in [0, 0.05) is 11.9 Å². The third-order valence-electron chi connectivity index (χ3n) is 2.75. The summed E-state index contributed by atoms with van der Waals surface area (Å²) in [5.41, 5.74) is 0.718. The summed E-state index contributed by atoms with van der Waals surface area (Å²) in [6.45, 7) is 5.81. The highest BCUT2D eigenvalue weighted by atomic mass is 19.4. The highest BCUT2D eigenvalue weighted by molar-refractivity contribution is 5.26. The lowest BCUT2D eigenvalue weighted by Gasteiger charge is -2.12. The fourth-order valence-corrected chi connectivity index (χ4v) is 1.45. The van der Waals surface area contributed by atoms with Crippen LogP contribution in [0.5, 0.6) is 0 Å².